The molecule has 8 nitrogen and oxygen atoms in total. The average molecular weight is 451 g/mol. The molecule has 0 saturated carbocycles. The van der Waals surface area contributed by atoms with Gasteiger partial charge in [0.2, 0.25) is 0 Å². The number of aromatic amines is 1. The van der Waals surface area contributed by atoms with E-state index in [-0.39, 0.29) is 5.69 Å². The third kappa shape index (κ3) is 5.31. The van der Waals surface area contributed by atoms with Crippen molar-refractivity contribution in [2.45, 2.75) is 6.04 Å². The fraction of sp³-hybridized carbons (Fsp3) is 0.0385. The number of benzene rings is 3. The van der Waals surface area contributed by atoms with Crippen molar-refractivity contribution in [1.29, 1.82) is 0 Å². The summed E-state index contributed by atoms with van der Waals surface area (Å²) in [5.74, 6) is -1.08. The van der Waals surface area contributed by atoms with E-state index in [1.807, 2.05) is 36.4 Å². The molecule has 0 aliphatic rings. The van der Waals surface area contributed by atoms with Crippen molar-refractivity contribution in [3.8, 4) is 0 Å². The van der Waals surface area contributed by atoms with Crippen LogP contribution in [-0.4, -0.2) is 28.2 Å². The molecule has 168 valence electrons. The van der Waals surface area contributed by atoms with E-state index in [9.17, 15) is 14.4 Å². The summed E-state index contributed by atoms with van der Waals surface area (Å²) in [7, 11) is 0. The standard InChI is InChI=1S/C26H21N5O3/c32-24(19-13-5-2-6-14-19)28-23(22-20-15-7-8-16-21(20)25(33)31-29-22)26(34)30-27-17-9-12-18-10-3-1-4-11-18/h1-17,23H,(H,28,32)(H,30,34)(H,31,33)/b12-9+,27-17+/t23-/m1/s1. The molecule has 3 N–H and O–H groups in total. The highest BCUT2D eigenvalue weighted by Gasteiger charge is 2.27. The van der Waals surface area contributed by atoms with Crippen LogP contribution in [0.5, 0.6) is 0 Å². The molecule has 2 amide bonds. The second-order valence-electron chi connectivity index (χ2n) is 7.28. The lowest BCUT2D eigenvalue weighted by atomic mass is 10.0. The normalized spacial score (nSPS) is 12.1. The number of fused-ring (bicyclic) bond motifs is 1. The highest BCUT2D eigenvalue weighted by atomic mass is 16.2. The Morgan fingerprint density at radius 3 is 2.26 bits per heavy atom. The van der Waals surface area contributed by atoms with Gasteiger partial charge in [0.25, 0.3) is 17.4 Å². The van der Waals surface area contributed by atoms with Crippen molar-refractivity contribution in [1.82, 2.24) is 20.9 Å². The monoisotopic (exact) mass is 451 g/mol. The maximum absolute atomic E-state index is 13.1. The van der Waals surface area contributed by atoms with Crippen LogP contribution in [0.2, 0.25) is 0 Å². The Labute approximate surface area is 195 Å². The van der Waals surface area contributed by atoms with Gasteiger partial charge in [0.15, 0.2) is 6.04 Å². The van der Waals surface area contributed by atoms with Crippen LogP contribution in [-0.2, 0) is 4.79 Å². The summed E-state index contributed by atoms with van der Waals surface area (Å²) < 4.78 is 0. The average Bonchev–Trinajstić information content (AvgIpc) is 2.88. The second-order valence-corrected chi connectivity index (χ2v) is 7.28. The Morgan fingerprint density at radius 1 is 0.882 bits per heavy atom. The Balaban J connectivity index is 1.60. The number of nitrogens with zero attached hydrogens (tertiary/aromatic N) is 2. The first-order valence-corrected chi connectivity index (χ1v) is 10.5. The minimum atomic E-state index is -1.20. The van der Waals surface area contributed by atoms with Crippen LogP contribution in [0.25, 0.3) is 16.8 Å². The van der Waals surface area contributed by atoms with Crippen molar-refractivity contribution in [3.05, 3.63) is 118 Å². The molecule has 0 radical (unpaired) electrons. The topological polar surface area (TPSA) is 116 Å². The molecule has 4 aromatic rings. The SMILES string of the molecule is O=C(N[C@@H](C(=O)N/N=C/C=C/c1ccccc1)c1n[nH]c(=O)c2ccccc12)c1ccccc1. The zero-order valence-corrected chi connectivity index (χ0v) is 18.0. The van der Waals surface area contributed by atoms with Crippen molar-refractivity contribution < 1.29 is 9.59 Å². The van der Waals surface area contributed by atoms with E-state index in [2.05, 4.69) is 26.0 Å². The Morgan fingerprint density at radius 2 is 1.53 bits per heavy atom. The van der Waals surface area contributed by atoms with Gasteiger partial charge >= 0.3 is 0 Å². The van der Waals surface area contributed by atoms with Gasteiger partial charge in [-0.15, -0.1) is 0 Å². The number of hydrogen-bond donors (Lipinski definition) is 3. The summed E-state index contributed by atoms with van der Waals surface area (Å²) in [4.78, 5) is 38.1. The minimum Gasteiger partial charge on any atom is -0.335 e. The number of carbonyl (C=O) groups excluding carboxylic acids is 2. The molecule has 0 aliphatic heterocycles. The first kappa shape index (κ1) is 22.3. The number of amides is 2. The fourth-order valence-corrected chi connectivity index (χ4v) is 3.34. The zero-order valence-electron chi connectivity index (χ0n) is 18.0. The van der Waals surface area contributed by atoms with E-state index in [0.717, 1.165) is 5.56 Å². The summed E-state index contributed by atoms with van der Waals surface area (Å²) in [6, 6.07) is 23.7. The predicted molar refractivity (Wildman–Crippen MR) is 131 cm³/mol. The molecular formula is C26H21N5O3. The van der Waals surface area contributed by atoms with Gasteiger partial charge in [-0.1, -0.05) is 72.8 Å². The van der Waals surface area contributed by atoms with Gasteiger partial charge in [-0.3, -0.25) is 14.4 Å². The Kier molecular flexibility index (Phi) is 7.00. The van der Waals surface area contributed by atoms with Crippen molar-refractivity contribution in [2.24, 2.45) is 5.10 Å². The molecule has 0 spiro atoms. The van der Waals surface area contributed by atoms with Crippen LogP contribution >= 0.6 is 0 Å². The molecule has 0 unspecified atom stereocenters. The lowest BCUT2D eigenvalue weighted by Gasteiger charge is -2.18. The molecule has 0 fully saturated rings. The number of rotatable bonds is 7. The first-order chi connectivity index (χ1) is 16.6. The summed E-state index contributed by atoms with van der Waals surface area (Å²) in [5.41, 5.74) is 3.61. The van der Waals surface area contributed by atoms with Crippen molar-refractivity contribution in [2.75, 3.05) is 0 Å². The van der Waals surface area contributed by atoms with E-state index >= 15 is 0 Å². The molecule has 8 heteroatoms. The van der Waals surface area contributed by atoms with E-state index in [1.165, 1.54) is 6.21 Å². The third-order valence-corrected chi connectivity index (χ3v) is 5.00. The van der Waals surface area contributed by atoms with Gasteiger partial charge in [-0.05, 0) is 29.8 Å². The maximum Gasteiger partial charge on any atom is 0.272 e. The van der Waals surface area contributed by atoms with Gasteiger partial charge in [-0.25, -0.2) is 10.5 Å². The maximum atomic E-state index is 13.1. The van der Waals surface area contributed by atoms with Crippen LogP contribution in [0.15, 0.2) is 101 Å². The zero-order chi connectivity index (χ0) is 23.8. The number of nitrogens with one attached hydrogen (secondary N) is 3. The summed E-state index contributed by atoms with van der Waals surface area (Å²) in [6.07, 6.45) is 4.95. The van der Waals surface area contributed by atoms with Crippen LogP contribution in [0, 0.1) is 0 Å². The number of allylic oxidation sites excluding steroid dienone is 1. The molecule has 0 aliphatic carbocycles. The molecular weight excluding hydrogens is 430 g/mol. The number of carbonyl (C=O) groups is 2. The van der Waals surface area contributed by atoms with Crippen LogP contribution in [0.1, 0.15) is 27.7 Å². The first-order valence-electron chi connectivity index (χ1n) is 10.5. The molecule has 1 atom stereocenters. The predicted octanol–water partition coefficient (Wildman–Crippen LogP) is 3.21. The van der Waals surface area contributed by atoms with Gasteiger partial charge < -0.3 is 5.32 Å². The Bertz CT molecular complexity index is 1410. The van der Waals surface area contributed by atoms with Crippen LogP contribution in [0.4, 0.5) is 0 Å². The number of H-pyrrole nitrogens is 1. The molecule has 3 aromatic carbocycles. The van der Waals surface area contributed by atoms with E-state index in [4.69, 9.17) is 0 Å². The lowest BCUT2D eigenvalue weighted by molar-refractivity contribution is -0.123. The van der Waals surface area contributed by atoms with Crippen molar-refractivity contribution >= 4 is 34.9 Å². The quantitative estimate of drug-likeness (QED) is 0.295. The fourth-order valence-electron chi connectivity index (χ4n) is 3.34. The number of hydrogen-bond acceptors (Lipinski definition) is 5. The molecule has 1 aromatic heterocycles. The van der Waals surface area contributed by atoms with Crippen LogP contribution < -0.4 is 16.3 Å². The molecule has 4 rings (SSSR count). The van der Waals surface area contributed by atoms with Crippen LogP contribution in [0.3, 0.4) is 0 Å². The van der Waals surface area contributed by atoms with E-state index < -0.39 is 23.4 Å². The Hall–Kier alpha value is -4.85. The third-order valence-electron chi connectivity index (χ3n) is 5.00. The lowest BCUT2D eigenvalue weighted by Crippen LogP contribution is -2.40. The largest absolute Gasteiger partial charge is 0.335 e. The summed E-state index contributed by atoms with van der Waals surface area (Å²) in [5, 5.41) is 13.9. The summed E-state index contributed by atoms with van der Waals surface area (Å²) in [6.45, 7) is 0. The van der Waals surface area contributed by atoms with Gasteiger partial charge in [0.1, 0.15) is 5.69 Å². The molecule has 0 bridgehead atoms. The number of aromatic nitrogens is 2. The number of hydrazone groups is 1. The van der Waals surface area contributed by atoms with Crippen molar-refractivity contribution in [3.63, 3.8) is 0 Å². The smallest absolute Gasteiger partial charge is 0.272 e. The highest BCUT2D eigenvalue weighted by Crippen LogP contribution is 2.20. The van der Waals surface area contributed by atoms with E-state index in [1.54, 1.807) is 60.7 Å². The van der Waals surface area contributed by atoms with Gasteiger partial charge in [0.05, 0.1) is 5.39 Å². The van der Waals surface area contributed by atoms with E-state index in [0.29, 0.717) is 16.3 Å². The minimum absolute atomic E-state index is 0.201. The summed E-state index contributed by atoms with van der Waals surface area (Å²) >= 11 is 0. The van der Waals surface area contributed by atoms with Gasteiger partial charge in [-0.2, -0.15) is 10.2 Å². The molecule has 0 saturated heterocycles. The molecule has 1 heterocycles. The van der Waals surface area contributed by atoms with Gasteiger partial charge in [0, 0.05) is 17.2 Å². The second kappa shape index (κ2) is 10.6. The highest BCUT2D eigenvalue weighted by molar-refractivity contribution is 5.99. The molecule has 34 heavy (non-hydrogen) atoms.